The van der Waals surface area contributed by atoms with Gasteiger partial charge in [0.25, 0.3) is 0 Å². The first-order valence-corrected chi connectivity index (χ1v) is 11.2. The summed E-state index contributed by atoms with van der Waals surface area (Å²) < 4.78 is 49.3. The van der Waals surface area contributed by atoms with Gasteiger partial charge in [-0.2, -0.15) is 13.2 Å². The van der Waals surface area contributed by atoms with Gasteiger partial charge in [0.1, 0.15) is 6.04 Å². The zero-order valence-electron chi connectivity index (χ0n) is 18.7. The number of ether oxygens (including phenoxy) is 2. The Balaban J connectivity index is 1.47. The number of rotatable bonds is 9. The summed E-state index contributed by atoms with van der Waals surface area (Å²) in [5.74, 6) is -0.862. The number of carbonyl (C=O) groups is 2. The standard InChI is InChI=1S/C24H26F3N3O4/c1-14(31)30-12-17(9-19(30)23(32)28-11-18-3-2-4-22(25)29-18)16-7-8-20(34-24(26)27)21(10-16)33-13-15-5-6-15/h2-4,7-8,10,15,17,19,24H,5-6,9,11-13H2,1H3,(H,28,32). The van der Waals surface area contributed by atoms with Gasteiger partial charge in [-0.1, -0.05) is 12.1 Å². The molecular weight excluding hydrogens is 451 g/mol. The average molecular weight is 477 g/mol. The van der Waals surface area contributed by atoms with Crippen LogP contribution in [-0.2, 0) is 16.1 Å². The number of nitrogens with one attached hydrogen (secondary N) is 1. The van der Waals surface area contributed by atoms with Gasteiger partial charge in [-0.05, 0) is 55.0 Å². The Hall–Kier alpha value is -3.30. The summed E-state index contributed by atoms with van der Waals surface area (Å²) in [7, 11) is 0. The summed E-state index contributed by atoms with van der Waals surface area (Å²) in [5.41, 5.74) is 1.13. The molecule has 1 saturated heterocycles. The fraction of sp³-hybridized carbons (Fsp3) is 0.458. The third kappa shape index (κ3) is 5.98. The van der Waals surface area contributed by atoms with Crippen LogP contribution < -0.4 is 14.8 Å². The van der Waals surface area contributed by atoms with Crippen molar-refractivity contribution < 1.29 is 32.2 Å². The molecule has 1 aromatic carbocycles. The van der Waals surface area contributed by atoms with Gasteiger partial charge in [0, 0.05) is 19.4 Å². The number of nitrogens with zero attached hydrogens (tertiary/aromatic N) is 2. The number of carbonyl (C=O) groups excluding carboxylic acids is 2. The van der Waals surface area contributed by atoms with Gasteiger partial charge in [-0.15, -0.1) is 0 Å². The van der Waals surface area contributed by atoms with E-state index >= 15 is 0 Å². The molecule has 1 aliphatic carbocycles. The van der Waals surface area contributed by atoms with Crippen LogP contribution in [0.1, 0.15) is 43.4 Å². The van der Waals surface area contributed by atoms with Crippen molar-refractivity contribution in [2.45, 2.75) is 51.3 Å². The van der Waals surface area contributed by atoms with Crippen LogP contribution >= 0.6 is 0 Å². The van der Waals surface area contributed by atoms with Crippen molar-refractivity contribution in [1.29, 1.82) is 0 Å². The van der Waals surface area contributed by atoms with Crippen molar-refractivity contribution in [3.05, 3.63) is 53.6 Å². The lowest BCUT2D eigenvalue weighted by Gasteiger charge is -2.22. The maximum absolute atomic E-state index is 13.3. The number of likely N-dealkylation sites (tertiary alicyclic amines) is 1. The van der Waals surface area contributed by atoms with Crippen LogP contribution in [0.5, 0.6) is 11.5 Å². The molecular formula is C24H26F3N3O4. The van der Waals surface area contributed by atoms with E-state index in [4.69, 9.17) is 4.74 Å². The van der Waals surface area contributed by atoms with Crippen molar-refractivity contribution in [2.24, 2.45) is 5.92 Å². The van der Waals surface area contributed by atoms with Gasteiger partial charge in [0.2, 0.25) is 17.8 Å². The molecule has 2 unspecified atom stereocenters. The predicted octanol–water partition coefficient (Wildman–Crippen LogP) is 3.63. The topological polar surface area (TPSA) is 80.8 Å². The van der Waals surface area contributed by atoms with E-state index in [1.807, 2.05) is 0 Å². The van der Waals surface area contributed by atoms with E-state index in [2.05, 4.69) is 15.0 Å². The van der Waals surface area contributed by atoms with Crippen LogP contribution in [0.2, 0.25) is 0 Å². The first kappa shape index (κ1) is 23.8. The van der Waals surface area contributed by atoms with Crippen molar-refractivity contribution in [2.75, 3.05) is 13.2 Å². The molecule has 182 valence electrons. The Kier molecular flexibility index (Phi) is 7.23. The number of aromatic nitrogens is 1. The van der Waals surface area contributed by atoms with Crippen molar-refractivity contribution in [1.82, 2.24) is 15.2 Å². The zero-order chi connectivity index (χ0) is 24.2. The fourth-order valence-electron chi connectivity index (χ4n) is 4.10. The molecule has 2 heterocycles. The third-order valence-corrected chi connectivity index (χ3v) is 6.05. The fourth-order valence-corrected chi connectivity index (χ4v) is 4.10. The summed E-state index contributed by atoms with van der Waals surface area (Å²) in [4.78, 5) is 30.3. The average Bonchev–Trinajstić information content (AvgIpc) is 3.51. The molecule has 2 fully saturated rings. The van der Waals surface area contributed by atoms with Gasteiger partial charge in [0.05, 0.1) is 18.8 Å². The van der Waals surface area contributed by atoms with E-state index in [9.17, 15) is 22.8 Å². The maximum atomic E-state index is 13.3. The first-order valence-electron chi connectivity index (χ1n) is 11.2. The normalized spacial score (nSPS) is 19.9. The molecule has 2 amide bonds. The second kappa shape index (κ2) is 10.3. The molecule has 4 rings (SSSR count). The van der Waals surface area contributed by atoms with Crippen molar-refractivity contribution in [3.63, 3.8) is 0 Å². The molecule has 1 saturated carbocycles. The smallest absolute Gasteiger partial charge is 0.387 e. The Morgan fingerprint density at radius 1 is 1.21 bits per heavy atom. The van der Waals surface area contributed by atoms with E-state index in [0.29, 0.717) is 31.2 Å². The summed E-state index contributed by atoms with van der Waals surface area (Å²) in [6.45, 7) is -0.840. The van der Waals surface area contributed by atoms with Gasteiger partial charge in [0.15, 0.2) is 11.5 Å². The molecule has 2 aromatic rings. The quantitative estimate of drug-likeness (QED) is 0.558. The van der Waals surface area contributed by atoms with Gasteiger partial charge in [-0.25, -0.2) is 4.98 Å². The maximum Gasteiger partial charge on any atom is 0.387 e. The van der Waals surface area contributed by atoms with E-state index in [1.54, 1.807) is 18.2 Å². The number of benzene rings is 1. The highest BCUT2D eigenvalue weighted by molar-refractivity contribution is 5.87. The minimum absolute atomic E-state index is 0.0301. The van der Waals surface area contributed by atoms with E-state index in [1.165, 1.54) is 30.0 Å². The molecule has 34 heavy (non-hydrogen) atoms. The highest BCUT2D eigenvalue weighted by Gasteiger charge is 2.39. The zero-order valence-corrected chi connectivity index (χ0v) is 18.7. The van der Waals surface area contributed by atoms with Gasteiger partial charge in [-0.3, -0.25) is 9.59 Å². The molecule has 2 aliphatic rings. The first-order chi connectivity index (χ1) is 16.3. The molecule has 0 bridgehead atoms. The van der Waals surface area contributed by atoms with Crippen LogP contribution in [0.15, 0.2) is 36.4 Å². The van der Waals surface area contributed by atoms with Gasteiger partial charge < -0.3 is 19.7 Å². The number of alkyl halides is 2. The van der Waals surface area contributed by atoms with Crippen LogP contribution in [0, 0.1) is 11.9 Å². The van der Waals surface area contributed by atoms with Crippen LogP contribution in [0.4, 0.5) is 13.2 Å². The van der Waals surface area contributed by atoms with Crippen LogP contribution in [0.3, 0.4) is 0 Å². The predicted molar refractivity (Wildman–Crippen MR) is 116 cm³/mol. The molecule has 0 radical (unpaired) electrons. The number of amides is 2. The monoisotopic (exact) mass is 477 g/mol. The highest BCUT2D eigenvalue weighted by atomic mass is 19.3. The molecule has 10 heteroatoms. The Bertz CT molecular complexity index is 1050. The highest BCUT2D eigenvalue weighted by Crippen LogP contribution is 2.39. The Labute approximate surface area is 195 Å². The minimum Gasteiger partial charge on any atom is -0.489 e. The lowest BCUT2D eigenvalue weighted by atomic mass is 9.95. The van der Waals surface area contributed by atoms with Crippen LogP contribution in [0.25, 0.3) is 0 Å². The molecule has 7 nitrogen and oxygen atoms in total. The Morgan fingerprint density at radius 2 is 2.00 bits per heavy atom. The molecule has 1 aromatic heterocycles. The summed E-state index contributed by atoms with van der Waals surface area (Å²) in [6, 6.07) is 8.33. The number of hydrogen-bond donors (Lipinski definition) is 1. The van der Waals surface area contributed by atoms with E-state index < -0.39 is 18.6 Å². The molecule has 0 spiro atoms. The number of halogens is 3. The van der Waals surface area contributed by atoms with Crippen molar-refractivity contribution in [3.8, 4) is 11.5 Å². The van der Waals surface area contributed by atoms with Crippen LogP contribution in [-0.4, -0.2) is 47.5 Å². The summed E-state index contributed by atoms with van der Waals surface area (Å²) >= 11 is 0. The summed E-state index contributed by atoms with van der Waals surface area (Å²) in [5, 5.41) is 2.72. The number of pyridine rings is 1. The molecule has 1 N–H and O–H groups in total. The third-order valence-electron chi connectivity index (χ3n) is 6.05. The lowest BCUT2D eigenvalue weighted by molar-refractivity contribution is -0.136. The second-order valence-electron chi connectivity index (χ2n) is 8.63. The van der Waals surface area contributed by atoms with Crippen molar-refractivity contribution >= 4 is 11.8 Å². The molecule has 1 aliphatic heterocycles. The second-order valence-corrected chi connectivity index (χ2v) is 8.63. The SMILES string of the molecule is CC(=O)N1CC(c2ccc(OC(F)F)c(OCC3CC3)c2)CC1C(=O)NCc1cccc(F)n1. The lowest BCUT2D eigenvalue weighted by Crippen LogP contribution is -2.45. The van der Waals surface area contributed by atoms with E-state index in [0.717, 1.165) is 18.4 Å². The largest absolute Gasteiger partial charge is 0.489 e. The molecule has 2 atom stereocenters. The summed E-state index contributed by atoms with van der Waals surface area (Å²) in [6.07, 6.45) is 2.44. The minimum atomic E-state index is -2.98. The van der Waals surface area contributed by atoms with Gasteiger partial charge >= 0.3 is 6.61 Å². The van der Waals surface area contributed by atoms with E-state index in [-0.39, 0.29) is 35.8 Å². The number of hydrogen-bond acceptors (Lipinski definition) is 5. The Morgan fingerprint density at radius 3 is 2.68 bits per heavy atom.